The molecule has 3 rings (SSSR count). The van der Waals surface area contributed by atoms with E-state index < -0.39 is 11.9 Å². The molecule has 5 nitrogen and oxygen atoms in total. The molecule has 1 saturated heterocycles. The molecule has 2 aromatic rings. The standard InChI is InChI=1S/C21H23FN4O/c22-18-12-16(8-9-19(18)24)15-6-4-14(5-7-15)11-17(13-23)26-21(27)20-3-1-2-10-25-20/h4-9,12,17,20,25H,1-3,10-11,24H2,(H,26,27)/t17-,20-/m0/s1. The van der Waals surface area contributed by atoms with E-state index in [9.17, 15) is 14.4 Å². The number of halogens is 1. The van der Waals surface area contributed by atoms with E-state index in [1.807, 2.05) is 24.3 Å². The summed E-state index contributed by atoms with van der Waals surface area (Å²) in [7, 11) is 0. The summed E-state index contributed by atoms with van der Waals surface area (Å²) in [5.74, 6) is -0.560. The molecule has 0 spiro atoms. The molecule has 1 amide bonds. The van der Waals surface area contributed by atoms with E-state index in [4.69, 9.17) is 5.73 Å². The van der Waals surface area contributed by atoms with E-state index in [1.165, 1.54) is 6.07 Å². The molecule has 0 aromatic heterocycles. The maximum Gasteiger partial charge on any atom is 0.238 e. The number of nitrogens with one attached hydrogen (secondary N) is 2. The predicted molar refractivity (Wildman–Crippen MR) is 103 cm³/mol. The van der Waals surface area contributed by atoms with Crippen LogP contribution in [0.25, 0.3) is 11.1 Å². The summed E-state index contributed by atoms with van der Waals surface area (Å²) in [5, 5.41) is 15.4. The fourth-order valence-electron chi connectivity index (χ4n) is 3.25. The van der Waals surface area contributed by atoms with Crippen molar-refractivity contribution in [3.63, 3.8) is 0 Å². The van der Waals surface area contributed by atoms with Crippen LogP contribution in [-0.4, -0.2) is 24.5 Å². The number of carbonyl (C=O) groups excluding carboxylic acids is 1. The minimum absolute atomic E-state index is 0.116. The van der Waals surface area contributed by atoms with Crippen molar-refractivity contribution >= 4 is 11.6 Å². The van der Waals surface area contributed by atoms with Gasteiger partial charge in [-0.3, -0.25) is 4.79 Å². The molecule has 6 heteroatoms. The Hall–Kier alpha value is -2.91. The summed E-state index contributed by atoms with van der Waals surface area (Å²) in [6.07, 6.45) is 3.33. The van der Waals surface area contributed by atoms with Gasteiger partial charge in [0.1, 0.15) is 11.9 Å². The summed E-state index contributed by atoms with van der Waals surface area (Å²) in [6, 6.07) is 13.6. The van der Waals surface area contributed by atoms with Gasteiger partial charge in [-0.1, -0.05) is 36.8 Å². The van der Waals surface area contributed by atoms with Crippen molar-refractivity contribution in [1.82, 2.24) is 10.6 Å². The van der Waals surface area contributed by atoms with Crippen LogP contribution in [0, 0.1) is 17.1 Å². The van der Waals surface area contributed by atoms with Gasteiger partial charge in [0.2, 0.25) is 5.91 Å². The predicted octanol–water partition coefficient (Wildman–Crippen LogP) is 2.77. The van der Waals surface area contributed by atoms with Crippen molar-refractivity contribution in [2.75, 3.05) is 12.3 Å². The van der Waals surface area contributed by atoms with Crippen LogP contribution >= 0.6 is 0 Å². The van der Waals surface area contributed by atoms with Crippen LogP contribution in [0.4, 0.5) is 10.1 Å². The molecule has 0 saturated carbocycles. The second-order valence-electron chi connectivity index (χ2n) is 6.83. The highest BCUT2D eigenvalue weighted by Gasteiger charge is 2.23. The van der Waals surface area contributed by atoms with Crippen LogP contribution in [0.1, 0.15) is 24.8 Å². The second kappa shape index (κ2) is 8.65. The Morgan fingerprint density at radius 1 is 1.26 bits per heavy atom. The molecule has 2 aromatic carbocycles. The number of nitriles is 1. The van der Waals surface area contributed by atoms with Gasteiger partial charge in [0.25, 0.3) is 0 Å². The number of hydrogen-bond acceptors (Lipinski definition) is 4. The molecule has 2 atom stereocenters. The smallest absolute Gasteiger partial charge is 0.238 e. The lowest BCUT2D eigenvalue weighted by Gasteiger charge is -2.23. The van der Waals surface area contributed by atoms with Crippen molar-refractivity contribution in [3.05, 3.63) is 53.8 Å². The third kappa shape index (κ3) is 4.83. The van der Waals surface area contributed by atoms with Crippen LogP contribution in [0.3, 0.4) is 0 Å². The molecule has 140 valence electrons. The molecule has 1 aliphatic rings. The van der Waals surface area contributed by atoms with Crippen molar-refractivity contribution < 1.29 is 9.18 Å². The highest BCUT2D eigenvalue weighted by molar-refractivity contribution is 5.82. The fraction of sp³-hybridized carbons (Fsp3) is 0.333. The number of anilines is 1. The summed E-state index contributed by atoms with van der Waals surface area (Å²) >= 11 is 0. The monoisotopic (exact) mass is 366 g/mol. The van der Waals surface area contributed by atoms with Gasteiger partial charge < -0.3 is 16.4 Å². The van der Waals surface area contributed by atoms with Gasteiger partial charge in [-0.2, -0.15) is 5.26 Å². The minimum atomic E-state index is -0.582. The molecule has 1 aliphatic heterocycles. The molecule has 0 radical (unpaired) electrons. The number of rotatable bonds is 5. The van der Waals surface area contributed by atoms with E-state index >= 15 is 0 Å². The normalized spacial score (nSPS) is 17.7. The van der Waals surface area contributed by atoms with Gasteiger partial charge in [0, 0.05) is 6.42 Å². The van der Waals surface area contributed by atoms with E-state index in [0.29, 0.717) is 6.42 Å². The van der Waals surface area contributed by atoms with Gasteiger partial charge >= 0.3 is 0 Å². The fourth-order valence-corrected chi connectivity index (χ4v) is 3.25. The highest BCUT2D eigenvalue weighted by Crippen LogP contribution is 2.23. The Morgan fingerprint density at radius 3 is 2.63 bits per heavy atom. The molecular formula is C21H23FN4O. The first-order chi connectivity index (χ1) is 13.1. The Kier molecular flexibility index (Phi) is 6.05. The van der Waals surface area contributed by atoms with Gasteiger partial charge in [-0.15, -0.1) is 0 Å². The van der Waals surface area contributed by atoms with Crippen molar-refractivity contribution in [2.45, 2.75) is 37.8 Å². The van der Waals surface area contributed by atoms with Crippen molar-refractivity contribution in [2.24, 2.45) is 0 Å². The molecule has 0 unspecified atom stereocenters. The molecule has 1 fully saturated rings. The maximum absolute atomic E-state index is 13.6. The minimum Gasteiger partial charge on any atom is -0.396 e. The zero-order valence-electron chi connectivity index (χ0n) is 15.0. The number of piperidine rings is 1. The summed E-state index contributed by atoms with van der Waals surface area (Å²) in [4.78, 5) is 12.3. The lowest BCUT2D eigenvalue weighted by molar-refractivity contribution is -0.124. The molecule has 27 heavy (non-hydrogen) atoms. The first-order valence-corrected chi connectivity index (χ1v) is 9.14. The lowest BCUT2D eigenvalue weighted by Crippen LogP contribution is -2.49. The van der Waals surface area contributed by atoms with Crippen LogP contribution in [-0.2, 0) is 11.2 Å². The lowest BCUT2D eigenvalue weighted by atomic mass is 10.00. The van der Waals surface area contributed by atoms with E-state index in [0.717, 1.165) is 42.5 Å². The SMILES string of the molecule is N#C[C@H](Cc1ccc(-c2ccc(N)c(F)c2)cc1)NC(=O)[C@@H]1CCCCN1. The van der Waals surface area contributed by atoms with Crippen molar-refractivity contribution in [1.29, 1.82) is 5.26 Å². The zero-order chi connectivity index (χ0) is 19.2. The Labute approximate surface area is 158 Å². The Balaban J connectivity index is 1.63. The Morgan fingerprint density at radius 2 is 2.00 bits per heavy atom. The van der Waals surface area contributed by atoms with Crippen molar-refractivity contribution in [3.8, 4) is 17.2 Å². The first-order valence-electron chi connectivity index (χ1n) is 9.14. The van der Waals surface area contributed by atoms with E-state index in [-0.39, 0.29) is 17.6 Å². The second-order valence-corrected chi connectivity index (χ2v) is 6.83. The maximum atomic E-state index is 13.6. The third-order valence-corrected chi connectivity index (χ3v) is 4.83. The van der Waals surface area contributed by atoms with Gasteiger partial charge in [-0.05, 0) is 48.2 Å². The summed E-state index contributed by atoms with van der Waals surface area (Å²) < 4.78 is 13.6. The van der Waals surface area contributed by atoms with Gasteiger partial charge in [0.15, 0.2) is 0 Å². The number of nitrogens with zero attached hydrogens (tertiary/aromatic N) is 1. The van der Waals surface area contributed by atoms with Crippen LogP contribution in [0.5, 0.6) is 0 Å². The third-order valence-electron chi connectivity index (χ3n) is 4.83. The molecular weight excluding hydrogens is 343 g/mol. The average Bonchev–Trinajstić information content (AvgIpc) is 2.70. The average molecular weight is 366 g/mol. The topological polar surface area (TPSA) is 90.9 Å². The molecule has 0 aliphatic carbocycles. The highest BCUT2D eigenvalue weighted by atomic mass is 19.1. The molecule has 4 N–H and O–H groups in total. The van der Waals surface area contributed by atoms with Crippen LogP contribution in [0.15, 0.2) is 42.5 Å². The van der Waals surface area contributed by atoms with Gasteiger partial charge in [0.05, 0.1) is 17.8 Å². The van der Waals surface area contributed by atoms with Gasteiger partial charge in [-0.25, -0.2) is 4.39 Å². The number of nitrogens with two attached hydrogens (primary N) is 1. The van der Waals surface area contributed by atoms with Crippen LogP contribution in [0.2, 0.25) is 0 Å². The largest absolute Gasteiger partial charge is 0.396 e. The number of amides is 1. The summed E-state index contributed by atoms with van der Waals surface area (Å²) in [5.41, 5.74) is 8.16. The molecule has 0 bridgehead atoms. The quantitative estimate of drug-likeness (QED) is 0.710. The van der Waals surface area contributed by atoms with E-state index in [1.54, 1.807) is 12.1 Å². The zero-order valence-corrected chi connectivity index (χ0v) is 15.0. The number of benzene rings is 2. The molecule has 1 heterocycles. The number of carbonyl (C=O) groups is 1. The summed E-state index contributed by atoms with van der Waals surface area (Å²) in [6.45, 7) is 0.836. The number of hydrogen-bond donors (Lipinski definition) is 3. The van der Waals surface area contributed by atoms with Crippen LogP contribution < -0.4 is 16.4 Å². The first kappa shape index (κ1) is 18.9. The van der Waals surface area contributed by atoms with E-state index in [2.05, 4.69) is 16.7 Å². The Bertz CT molecular complexity index is 838. The number of nitrogen functional groups attached to an aromatic ring is 1.